The minimum absolute atomic E-state index is 0.0138. The van der Waals surface area contributed by atoms with Crippen LogP contribution in [0.3, 0.4) is 0 Å². The van der Waals surface area contributed by atoms with E-state index in [-0.39, 0.29) is 17.6 Å². The lowest BCUT2D eigenvalue weighted by Gasteiger charge is -2.16. The SMILES string of the molecule is CCCC(C(=O)NCc1ccc(CS(=O)(=O)NC)cc1)c1ccccc1. The molecule has 0 aromatic heterocycles. The fourth-order valence-electron chi connectivity index (χ4n) is 2.78. The Balaban J connectivity index is 1.97. The number of hydrogen-bond donors (Lipinski definition) is 2. The largest absolute Gasteiger partial charge is 0.351 e. The van der Waals surface area contributed by atoms with Crippen molar-refractivity contribution in [3.8, 4) is 0 Å². The second-order valence-electron chi connectivity index (χ2n) is 6.25. The molecule has 0 fully saturated rings. The van der Waals surface area contributed by atoms with Gasteiger partial charge in [-0.15, -0.1) is 0 Å². The molecule has 5 nitrogen and oxygen atoms in total. The van der Waals surface area contributed by atoms with E-state index in [0.29, 0.717) is 12.1 Å². The molecule has 2 rings (SSSR count). The molecule has 2 aromatic carbocycles. The monoisotopic (exact) mass is 374 g/mol. The maximum Gasteiger partial charge on any atom is 0.227 e. The molecular formula is C20H26N2O3S. The number of carbonyl (C=O) groups is 1. The summed E-state index contributed by atoms with van der Waals surface area (Å²) >= 11 is 0. The van der Waals surface area contributed by atoms with Crippen LogP contribution in [0.4, 0.5) is 0 Å². The van der Waals surface area contributed by atoms with Gasteiger partial charge in [-0.25, -0.2) is 13.1 Å². The molecule has 26 heavy (non-hydrogen) atoms. The molecule has 0 aliphatic rings. The molecule has 1 unspecified atom stereocenters. The highest BCUT2D eigenvalue weighted by atomic mass is 32.2. The molecule has 0 heterocycles. The van der Waals surface area contributed by atoms with Crippen molar-refractivity contribution in [3.63, 3.8) is 0 Å². The third-order valence-corrected chi connectivity index (χ3v) is 5.59. The van der Waals surface area contributed by atoms with Crippen molar-refractivity contribution in [3.05, 3.63) is 71.3 Å². The molecule has 0 saturated heterocycles. The summed E-state index contributed by atoms with van der Waals surface area (Å²) in [6.45, 7) is 2.49. The molecule has 1 amide bonds. The molecule has 6 heteroatoms. The van der Waals surface area contributed by atoms with Crippen LogP contribution < -0.4 is 10.0 Å². The average Bonchev–Trinajstić information content (AvgIpc) is 2.66. The summed E-state index contributed by atoms with van der Waals surface area (Å²) in [5, 5.41) is 2.99. The highest BCUT2D eigenvalue weighted by Crippen LogP contribution is 2.21. The molecule has 0 spiro atoms. The first-order valence-electron chi connectivity index (χ1n) is 8.77. The van der Waals surface area contributed by atoms with Crippen molar-refractivity contribution in [2.24, 2.45) is 0 Å². The number of sulfonamides is 1. The quantitative estimate of drug-likeness (QED) is 0.709. The van der Waals surface area contributed by atoms with Gasteiger partial charge >= 0.3 is 0 Å². The van der Waals surface area contributed by atoms with E-state index in [0.717, 1.165) is 24.0 Å². The molecule has 140 valence electrons. The number of hydrogen-bond acceptors (Lipinski definition) is 3. The van der Waals surface area contributed by atoms with Gasteiger partial charge in [-0.05, 0) is 30.2 Å². The lowest BCUT2D eigenvalue weighted by atomic mass is 9.93. The molecule has 0 aliphatic heterocycles. The smallest absolute Gasteiger partial charge is 0.227 e. The van der Waals surface area contributed by atoms with Crippen LogP contribution in [0.15, 0.2) is 54.6 Å². The lowest BCUT2D eigenvalue weighted by molar-refractivity contribution is -0.122. The number of benzene rings is 2. The molecular weight excluding hydrogens is 348 g/mol. The molecule has 0 saturated carbocycles. The van der Waals surface area contributed by atoms with E-state index in [9.17, 15) is 13.2 Å². The van der Waals surface area contributed by atoms with Crippen molar-refractivity contribution in [1.82, 2.24) is 10.0 Å². The normalized spacial score (nSPS) is 12.5. The summed E-state index contributed by atoms with van der Waals surface area (Å²) in [5.74, 6) is -0.191. The van der Waals surface area contributed by atoms with Crippen LogP contribution in [0.5, 0.6) is 0 Å². The lowest BCUT2D eigenvalue weighted by Crippen LogP contribution is -2.29. The third kappa shape index (κ3) is 5.97. The Hall–Kier alpha value is -2.18. The zero-order chi connectivity index (χ0) is 19.0. The summed E-state index contributed by atoms with van der Waals surface area (Å²) in [4.78, 5) is 12.6. The van der Waals surface area contributed by atoms with Gasteiger partial charge in [-0.2, -0.15) is 0 Å². The standard InChI is InChI=1S/C20H26N2O3S/c1-3-7-19(18-8-5-4-6-9-18)20(23)22-14-16-10-12-17(13-11-16)15-26(24,25)21-2/h4-6,8-13,19,21H,3,7,14-15H2,1-2H3,(H,22,23). The summed E-state index contributed by atoms with van der Waals surface area (Å²) in [5.41, 5.74) is 2.68. The van der Waals surface area contributed by atoms with E-state index in [1.165, 1.54) is 7.05 Å². The van der Waals surface area contributed by atoms with Crippen molar-refractivity contribution in [1.29, 1.82) is 0 Å². The minimum atomic E-state index is -3.28. The molecule has 0 aliphatic carbocycles. The summed E-state index contributed by atoms with van der Waals surface area (Å²) < 4.78 is 25.4. The Morgan fingerprint density at radius 2 is 1.62 bits per heavy atom. The number of rotatable bonds is 9. The topological polar surface area (TPSA) is 75.3 Å². The highest BCUT2D eigenvalue weighted by molar-refractivity contribution is 7.88. The van der Waals surface area contributed by atoms with Crippen LogP contribution in [0.1, 0.15) is 42.4 Å². The van der Waals surface area contributed by atoms with E-state index in [1.807, 2.05) is 42.5 Å². The maximum absolute atomic E-state index is 12.6. The molecule has 2 N–H and O–H groups in total. The fourth-order valence-corrected chi connectivity index (χ4v) is 3.56. The Morgan fingerprint density at radius 1 is 1.00 bits per heavy atom. The van der Waals surface area contributed by atoms with Gasteiger partial charge in [0.2, 0.25) is 15.9 Å². The van der Waals surface area contributed by atoms with Crippen LogP contribution in [0.2, 0.25) is 0 Å². The van der Waals surface area contributed by atoms with Gasteiger partial charge in [0.05, 0.1) is 11.7 Å². The Bertz CT molecular complexity index is 803. The first-order chi connectivity index (χ1) is 12.4. The Morgan fingerprint density at radius 3 is 2.19 bits per heavy atom. The predicted octanol–water partition coefficient (Wildman–Crippen LogP) is 2.94. The maximum atomic E-state index is 12.6. The molecule has 0 bridgehead atoms. The van der Waals surface area contributed by atoms with Crippen molar-refractivity contribution < 1.29 is 13.2 Å². The molecule has 2 aromatic rings. The Kier molecular flexibility index (Phi) is 7.36. The van der Waals surface area contributed by atoms with Crippen LogP contribution in [0, 0.1) is 0 Å². The van der Waals surface area contributed by atoms with Gasteiger partial charge in [0.25, 0.3) is 0 Å². The number of amides is 1. The first-order valence-corrected chi connectivity index (χ1v) is 10.4. The Labute approximate surface area is 155 Å². The van der Waals surface area contributed by atoms with Crippen LogP contribution in [-0.4, -0.2) is 21.4 Å². The van der Waals surface area contributed by atoms with Crippen LogP contribution >= 0.6 is 0 Å². The summed E-state index contributed by atoms with van der Waals surface area (Å²) in [6, 6.07) is 17.0. The third-order valence-electron chi connectivity index (χ3n) is 4.25. The van der Waals surface area contributed by atoms with Crippen molar-refractivity contribution in [2.45, 2.75) is 38.0 Å². The number of nitrogens with one attached hydrogen (secondary N) is 2. The van der Waals surface area contributed by atoms with E-state index in [4.69, 9.17) is 0 Å². The zero-order valence-electron chi connectivity index (χ0n) is 15.2. The second kappa shape index (κ2) is 9.50. The fraction of sp³-hybridized carbons (Fsp3) is 0.350. The van der Waals surface area contributed by atoms with Gasteiger partial charge in [0.15, 0.2) is 0 Å². The average molecular weight is 375 g/mol. The molecule has 1 atom stereocenters. The van der Waals surface area contributed by atoms with Gasteiger partial charge < -0.3 is 5.32 Å². The van der Waals surface area contributed by atoms with E-state index < -0.39 is 10.0 Å². The number of carbonyl (C=O) groups excluding carboxylic acids is 1. The van der Waals surface area contributed by atoms with Gasteiger partial charge in [-0.1, -0.05) is 67.9 Å². The highest BCUT2D eigenvalue weighted by Gasteiger charge is 2.19. The summed E-state index contributed by atoms with van der Waals surface area (Å²) in [6.07, 6.45) is 1.73. The summed E-state index contributed by atoms with van der Waals surface area (Å²) in [7, 11) is -1.88. The van der Waals surface area contributed by atoms with Crippen molar-refractivity contribution >= 4 is 15.9 Å². The van der Waals surface area contributed by atoms with Gasteiger partial charge in [0, 0.05) is 6.54 Å². The predicted molar refractivity (Wildman–Crippen MR) is 104 cm³/mol. The van der Waals surface area contributed by atoms with E-state index in [1.54, 1.807) is 12.1 Å². The van der Waals surface area contributed by atoms with Crippen LogP contribution in [-0.2, 0) is 27.1 Å². The van der Waals surface area contributed by atoms with Crippen molar-refractivity contribution in [2.75, 3.05) is 7.05 Å². The zero-order valence-corrected chi connectivity index (χ0v) is 16.1. The van der Waals surface area contributed by atoms with Gasteiger partial charge in [-0.3, -0.25) is 4.79 Å². The molecule has 0 radical (unpaired) electrons. The second-order valence-corrected chi connectivity index (χ2v) is 8.18. The van der Waals surface area contributed by atoms with Crippen LogP contribution in [0.25, 0.3) is 0 Å². The van der Waals surface area contributed by atoms with E-state index in [2.05, 4.69) is 17.0 Å². The van der Waals surface area contributed by atoms with Gasteiger partial charge in [0.1, 0.15) is 0 Å². The van der Waals surface area contributed by atoms with E-state index >= 15 is 0 Å². The minimum Gasteiger partial charge on any atom is -0.351 e. The first kappa shape index (κ1) is 20.1.